The molecule has 28 heavy (non-hydrogen) atoms. The number of carbonyl (C=O) groups excluding carboxylic acids is 2. The molecule has 1 aromatic carbocycles. The van der Waals surface area contributed by atoms with Gasteiger partial charge in [0, 0.05) is 0 Å². The summed E-state index contributed by atoms with van der Waals surface area (Å²) in [6, 6.07) is 7.50. The van der Waals surface area contributed by atoms with Gasteiger partial charge in [-0.05, 0) is 36.0 Å². The number of rotatable bonds is 7. The number of carbonyl (C=O) groups is 2. The Labute approximate surface area is 170 Å². The lowest BCUT2D eigenvalue weighted by Gasteiger charge is -2.51. The first-order valence-electron chi connectivity index (χ1n) is 10.3. The quantitative estimate of drug-likeness (QED) is 0.438. The lowest BCUT2D eigenvalue weighted by atomic mass is 9.91. The lowest BCUT2D eigenvalue weighted by molar-refractivity contribution is -0.161. The predicted octanol–water partition coefficient (Wildman–Crippen LogP) is 5.60. The molecule has 0 aliphatic carbocycles. The zero-order chi connectivity index (χ0) is 21.2. The summed E-state index contributed by atoms with van der Waals surface area (Å²) in [6.07, 6.45) is -1.23. The van der Waals surface area contributed by atoms with E-state index < -0.39 is 26.6 Å². The Kier molecular flexibility index (Phi) is 7.10. The normalized spacial score (nSPS) is 20.1. The molecule has 0 bridgehead atoms. The average molecular weight is 406 g/mol. The third-order valence-electron chi connectivity index (χ3n) is 5.97. The number of benzene rings is 1. The van der Waals surface area contributed by atoms with E-state index in [4.69, 9.17) is 9.16 Å². The maximum atomic E-state index is 13.0. The molecule has 1 fully saturated rings. The van der Waals surface area contributed by atoms with Crippen LogP contribution in [-0.4, -0.2) is 37.9 Å². The van der Waals surface area contributed by atoms with Crippen LogP contribution in [0.1, 0.15) is 65.6 Å². The van der Waals surface area contributed by atoms with E-state index in [0.29, 0.717) is 16.6 Å². The van der Waals surface area contributed by atoms with E-state index in [1.807, 2.05) is 31.2 Å². The van der Waals surface area contributed by atoms with Crippen LogP contribution in [0.15, 0.2) is 24.3 Å². The summed E-state index contributed by atoms with van der Waals surface area (Å²) in [5.41, 5.74) is 3.11. The van der Waals surface area contributed by atoms with Crippen LogP contribution >= 0.6 is 0 Å². The fourth-order valence-electron chi connectivity index (χ4n) is 4.69. The van der Waals surface area contributed by atoms with E-state index in [1.165, 1.54) is 4.90 Å². The van der Waals surface area contributed by atoms with Crippen molar-refractivity contribution in [1.82, 2.24) is 4.90 Å². The van der Waals surface area contributed by atoms with Crippen LogP contribution in [0.2, 0.25) is 16.6 Å². The number of likely N-dealkylation sites (tertiary alicyclic amines) is 1. The van der Waals surface area contributed by atoms with Crippen LogP contribution < -0.4 is 0 Å². The largest absolute Gasteiger partial charge is 0.449 e. The molecule has 0 saturated carbocycles. The van der Waals surface area contributed by atoms with Gasteiger partial charge in [0.1, 0.15) is 6.04 Å². The molecule has 2 amide bonds. The predicted molar refractivity (Wildman–Crippen MR) is 114 cm³/mol. The second-order valence-electron chi connectivity index (χ2n) is 8.62. The summed E-state index contributed by atoms with van der Waals surface area (Å²) < 4.78 is 11.9. The monoisotopic (exact) mass is 405 g/mol. The first kappa shape index (κ1) is 22.6. The van der Waals surface area contributed by atoms with Crippen molar-refractivity contribution < 1.29 is 18.8 Å². The summed E-state index contributed by atoms with van der Waals surface area (Å²) in [5.74, 6) is -0.289. The summed E-state index contributed by atoms with van der Waals surface area (Å²) in [4.78, 5) is 26.7. The van der Waals surface area contributed by atoms with E-state index in [9.17, 15) is 9.59 Å². The Morgan fingerprint density at radius 2 is 1.54 bits per heavy atom. The van der Waals surface area contributed by atoms with Crippen molar-refractivity contribution in [3.63, 3.8) is 0 Å². The molecule has 1 aliphatic rings. The molecule has 2 atom stereocenters. The van der Waals surface area contributed by atoms with Gasteiger partial charge in [0.25, 0.3) is 5.91 Å². The maximum absolute atomic E-state index is 13.0. The topological polar surface area (TPSA) is 55.8 Å². The van der Waals surface area contributed by atoms with E-state index in [2.05, 4.69) is 41.5 Å². The van der Waals surface area contributed by atoms with Crippen molar-refractivity contribution in [2.45, 2.75) is 84.2 Å². The summed E-state index contributed by atoms with van der Waals surface area (Å²) in [6.45, 7) is 17.2. The van der Waals surface area contributed by atoms with Crippen molar-refractivity contribution in [1.29, 1.82) is 0 Å². The van der Waals surface area contributed by atoms with Gasteiger partial charge in [-0.1, -0.05) is 71.4 Å². The second kappa shape index (κ2) is 8.78. The Morgan fingerprint density at radius 1 is 1.04 bits per heavy atom. The summed E-state index contributed by atoms with van der Waals surface area (Å²) >= 11 is 0. The Morgan fingerprint density at radius 3 is 1.96 bits per heavy atom. The van der Waals surface area contributed by atoms with Crippen molar-refractivity contribution in [3.8, 4) is 0 Å². The highest BCUT2D eigenvalue weighted by Gasteiger charge is 2.58. The van der Waals surface area contributed by atoms with Crippen LogP contribution in [0.25, 0.3) is 0 Å². The fourth-order valence-corrected chi connectivity index (χ4v) is 10.2. The van der Waals surface area contributed by atoms with Crippen LogP contribution in [0.5, 0.6) is 0 Å². The number of β-lactam (4-membered cyclic amide) rings is 1. The number of nitrogens with zero attached hydrogens (tertiary/aromatic N) is 1. The third kappa shape index (κ3) is 3.89. The van der Waals surface area contributed by atoms with Crippen LogP contribution in [-0.2, 0) is 14.0 Å². The van der Waals surface area contributed by atoms with E-state index >= 15 is 0 Å². The molecule has 1 aromatic rings. The van der Waals surface area contributed by atoms with Gasteiger partial charge in [-0.2, -0.15) is 0 Å². The van der Waals surface area contributed by atoms with Crippen molar-refractivity contribution in [2.24, 2.45) is 0 Å². The molecule has 0 aromatic heterocycles. The number of imide groups is 1. The third-order valence-corrected chi connectivity index (χ3v) is 12.0. The van der Waals surface area contributed by atoms with Gasteiger partial charge in [-0.15, -0.1) is 0 Å². The fraction of sp³-hybridized carbons (Fsp3) is 0.636. The molecule has 1 heterocycles. The SMILES string of the molecule is CCOC(=O)N1C(=O)[C@H](O[Si](C(C)C)(C(C)C)C(C)C)[C@@H]1c1ccc(C)cc1. The Bertz CT molecular complexity index is 677. The number of hydrogen-bond donors (Lipinski definition) is 0. The smallest absolute Gasteiger partial charge is 0.417 e. The Balaban J connectivity index is 2.44. The molecular formula is C22H35NO4Si. The van der Waals surface area contributed by atoms with Crippen LogP contribution in [0, 0.1) is 6.92 Å². The zero-order valence-corrected chi connectivity index (χ0v) is 19.5. The molecule has 2 rings (SSSR count). The molecule has 0 radical (unpaired) electrons. The molecule has 0 unspecified atom stereocenters. The highest BCUT2D eigenvalue weighted by atomic mass is 28.4. The summed E-state index contributed by atoms with van der Waals surface area (Å²) in [5, 5.41) is 0. The van der Waals surface area contributed by atoms with Gasteiger partial charge >= 0.3 is 6.09 Å². The Hall–Kier alpha value is -1.66. The molecule has 0 spiro atoms. The molecular weight excluding hydrogens is 370 g/mol. The van der Waals surface area contributed by atoms with Gasteiger partial charge in [0.15, 0.2) is 6.10 Å². The first-order chi connectivity index (χ1) is 13.1. The minimum atomic E-state index is -2.27. The highest BCUT2D eigenvalue weighted by Crippen LogP contribution is 2.47. The van der Waals surface area contributed by atoms with Crippen LogP contribution in [0.4, 0.5) is 4.79 Å². The van der Waals surface area contributed by atoms with Crippen molar-refractivity contribution >= 4 is 20.3 Å². The zero-order valence-electron chi connectivity index (χ0n) is 18.5. The molecule has 6 heteroatoms. The van der Waals surface area contributed by atoms with E-state index in [-0.39, 0.29) is 12.5 Å². The van der Waals surface area contributed by atoms with Gasteiger partial charge in [-0.3, -0.25) is 4.79 Å². The van der Waals surface area contributed by atoms with Gasteiger partial charge < -0.3 is 9.16 Å². The van der Waals surface area contributed by atoms with E-state index in [1.54, 1.807) is 6.92 Å². The molecule has 1 saturated heterocycles. The molecule has 156 valence electrons. The molecule has 5 nitrogen and oxygen atoms in total. The highest BCUT2D eigenvalue weighted by molar-refractivity contribution is 6.77. The average Bonchev–Trinajstić information content (AvgIpc) is 2.60. The minimum absolute atomic E-state index is 0.234. The number of aryl methyl sites for hydroxylation is 1. The molecule has 0 N–H and O–H groups in total. The van der Waals surface area contributed by atoms with Gasteiger partial charge in [0.2, 0.25) is 8.32 Å². The summed E-state index contributed by atoms with van der Waals surface area (Å²) in [7, 11) is -2.27. The second-order valence-corrected chi connectivity index (χ2v) is 14.0. The lowest BCUT2D eigenvalue weighted by Crippen LogP contribution is -2.66. The number of ether oxygens (including phenoxy) is 1. The van der Waals surface area contributed by atoms with Crippen LogP contribution in [0.3, 0.4) is 0 Å². The maximum Gasteiger partial charge on any atom is 0.417 e. The van der Waals surface area contributed by atoms with E-state index in [0.717, 1.165) is 11.1 Å². The first-order valence-corrected chi connectivity index (χ1v) is 12.5. The van der Waals surface area contributed by atoms with Crippen molar-refractivity contribution in [2.75, 3.05) is 6.61 Å². The standard InChI is InChI=1S/C22H35NO4Si/c1-9-26-22(25)23-19(18-12-10-17(8)11-13-18)20(21(23)24)27-28(14(2)3,15(4)5)16(6)7/h10-16,19-20H,9H2,1-8H3/t19-,20+/m0/s1. The minimum Gasteiger partial charge on any atom is -0.449 e. The number of hydrogen-bond acceptors (Lipinski definition) is 4. The van der Waals surface area contributed by atoms with Crippen molar-refractivity contribution in [3.05, 3.63) is 35.4 Å². The molecule has 1 aliphatic heterocycles. The number of amides is 2. The van der Waals surface area contributed by atoms with Gasteiger partial charge in [-0.25, -0.2) is 9.69 Å². The van der Waals surface area contributed by atoms with Gasteiger partial charge in [0.05, 0.1) is 6.61 Å².